The number of ether oxygens (including phenoxy) is 2. The molecule has 2 aromatic rings. The first kappa shape index (κ1) is 18.7. The topological polar surface area (TPSA) is 33.7 Å². The van der Waals surface area contributed by atoms with Crippen LogP contribution in [0.2, 0.25) is 0 Å². The summed E-state index contributed by atoms with van der Waals surface area (Å²) in [6.07, 6.45) is 0. The zero-order valence-electron chi connectivity index (χ0n) is 16.3. The lowest BCUT2D eigenvalue weighted by Gasteiger charge is -2.35. The van der Waals surface area contributed by atoms with Crippen molar-refractivity contribution in [3.05, 3.63) is 59.2 Å². The molecule has 1 N–H and O–H groups in total. The Hall–Kier alpha value is -2.04. The molecule has 140 valence electrons. The minimum Gasteiger partial charge on any atom is -0.493 e. The number of nitrogens with one attached hydrogen (secondary N) is 1. The van der Waals surface area contributed by atoms with Gasteiger partial charge in [0.15, 0.2) is 11.5 Å². The monoisotopic (exact) mass is 354 g/mol. The zero-order chi connectivity index (χ0) is 18.5. The molecule has 0 bridgehead atoms. The van der Waals surface area contributed by atoms with Crippen molar-refractivity contribution in [1.82, 2.24) is 10.2 Å². The van der Waals surface area contributed by atoms with Crippen LogP contribution in [0.3, 0.4) is 0 Å². The van der Waals surface area contributed by atoms with Gasteiger partial charge in [-0.2, -0.15) is 0 Å². The highest BCUT2D eigenvalue weighted by molar-refractivity contribution is 5.43. The molecule has 0 amide bonds. The van der Waals surface area contributed by atoms with Crippen LogP contribution in [-0.4, -0.2) is 38.8 Å². The average molecular weight is 354 g/mol. The van der Waals surface area contributed by atoms with Gasteiger partial charge in [-0.25, -0.2) is 0 Å². The Labute approximate surface area is 157 Å². The van der Waals surface area contributed by atoms with Crippen molar-refractivity contribution < 1.29 is 9.47 Å². The molecule has 4 heteroatoms. The van der Waals surface area contributed by atoms with Crippen LogP contribution in [0.25, 0.3) is 0 Å². The van der Waals surface area contributed by atoms with Crippen LogP contribution in [0.1, 0.15) is 42.5 Å². The molecule has 1 aliphatic rings. The van der Waals surface area contributed by atoms with Gasteiger partial charge < -0.3 is 14.8 Å². The number of hydrogen-bond donors (Lipinski definition) is 1. The highest BCUT2D eigenvalue weighted by Crippen LogP contribution is 2.30. The summed E-state index contributed by atoms with van der Waals surface area (Å²) in [4.78, 5) is 2.51. The molecule has 26 heavy (non-hydrogen) atoms. The van der Waals surface area contributed by atoms with Crippen LogP contribution in [-0.2, 0) is 6.54 Å². The van der Waals surface area contributed by atoms with Crippen molar-refractivity contribution in [3.63, 3.8) is 0 Å². The molecule has 3 rings (SSSR count). The van der Waals surface area contributed by atoms with E-state index in [9.17, 15) is 0 Å². The minimum atomic E-state index is 0.377. The van der Waals surface area contributed by atoms with Gasteiger partial charge in [-0.15, -0.1) is 0 Å². The number of benzene rings is 2. The zero-order valence-corrected chi connectivity index (χ0v) is 16.3. The van der Waals surface area contributed by atoms with Crippen LogP contribution in [0, 0.1) is 0 Å². The molecule has 1 heterocycles. The normalized spacial score (nSPS) is 18.1. The molecule has 1 aliphatic heterocycles. The van der Waals surface area contributed by atoms with Gasteiger partial charge >= 0.3 is 0 Å². The van der Waals surface area contributed by atoms with Gasteiger partial charge in [0.1, 0.15) is 0 Å². The second-order valence-corrected chi connectivity index (χ2v) is 7.21. The fraction of sp³-hybridized carbons (Fsp3) is 0.455. The lowest BCUT2D eigenvalue weighted by molar-refractivity contribution is 0.192. The third kappa shape index (κ3) is 4.19. The Bertz CT molecular complexity index is 730. The Morgan fingerprint density at radius 1 is 1.08 bits per heavy atom. The Balaban J connectivity index is 1.73. The van der Waals surface area contributed by atoms with E-state index in [0.717, 1.165) is 37.7 Å². The number of hydrogen-bond acceptors (Lipinski definition) is 4. The minimum absolute atomic E-state index is 0.377. The van der Waals surface area contributed by atoms with E-state index in [2.05, 4.69) is 60.5 Å². The van der Waals surface area contributed by atoms with E-state index in [0.29, 0.717) is 12.0 Å². The summed E-state index contributed by atoms with van der Waals surface area (Å²) >= 11 is 0. The lowest BCUT2D eigenvalue weighted by atomic mass is 9.92. The van der Waals surface area contributed by atoms with Gasteiger partial charge in [-0.1, -0.05) is 44.2 Å². The molecule has 1 atom stereocenters. The van der Waals surface area contributed by atoms with Crippen LogP contribution in [0.4, 0.5) is 0 Å². The number of nitrogens with zero attached hydrogens (tertiary/aromatic N) is 1. The molecule has 0 unspecified atom stereocenters. The van der Waals surface area contributed by atoms with Crippen molar-refractivity contribution in [1.29, 1.82) is 0 Å². The fourth-order valence-corrected chi connectivity index (χ4v) is 3.75. The number of piperazine rings is 1. The van der Waals surface area contributed by atoms with Gasteiger partial charge in [0, 0.05) is 32.2 Å². The van der Waals surface area contributed by atoms with Crippen LogP contribution >= 0.6 is 0 Å². The smallest absolute Gasteiger partial charge is 0.161 e. The third-order valence-corrected chi connectivity index (χ3v) is 5.11. The maximum absolute atomic E-state index is 5.44. The predicted molar refractivity (Wildman–Crippen MR) is 106 cm³/mol. The standard InChI is InChI=1S/C22H30N2O2/c1-16(2)18-7-5-6-8-19(18)20-15-24(12-11-23-20)14-17-9-10-21(25-3)22(13-17)26-4/h5-10,13,16,20,23H,11-12,14-15H2,1-4H3/t20-/m0/s1. The molecule has 4 nitrogen and oxygen atoms in total. The highest BCUT2D eigenvalue weighted by Gasteiger charge is 2.23. The molecule has 0 saturated carbocycles. The van der Waals surface area contributed by atoms with Crippen molar-refractivity contribution in [2.45, 2.75) is 32.4 Å². The first-order valence-electron chi connectivity index (χ1n) is 9.37. The summed E-state index contributed by atoms with van der Waals surface area (Å²) in [7, 11) is 3.36. The quantitative estimate of drug-likeness (QED) is 0.851. The summed E-state index contributed by atoms with van der Waals surface area (Å²) in [5.41, 5.74) is 4.12. The average Bonchev–Trinajstić information content (AvgIpc) is 2.68. The molecular weight excluding hydrogens is 324 g/mol. The lowest BCUT2D eigenvalue weighted by Crippen LogP contribution is -2.45. The Morgan fingerprint density at radius 2 is 1.85 bits per heavy atom. The molecule has 0 aliphatic carbocycles. The summed E-state index contributed by atoms with van der Waals surface area (Å²) < 4.78 is 10.8. The van der Waals surface area contributed by atoms with Gasteiger partial charge in [0.2, 0.25) is 0 Å². The third-order valence-electron chi connectivity index (χ3n) is 5.11. The Kier molecular flexibility index (Phi) is 6.17. The van der Waals surface area contributed by atoms with E-state index in [-0.39, 0.29) is 0 Å². The molecule has 2 aromatic carbocycles. The van der Waals surface area contributed by atoms with Crippen LogP contribution in [0.15, 0.2) is 42.5 Å². The maximum atomic E-state index is 5.44. The Morgan fingerprint density at radius 3 is 2.58 bits per heavy atom. The molecule has 1 saturated heterocycles. The first-order valence-corrected chi connectivity index (χ1v) is 9.37. The van der Waals surface area contributed by atoms with Gasteiger partial charge in [-0.3, -0.25) is 4.90 Å². The fourth-order valence-electron chi connectivity index (χ4n) is 3.75. The van der Waals surface area contributed by atoms with E-state index < -0.39 is 0 Å². The van der Waals surface area contributed by atoms with Crippen LogP contribution < -0.4 is 14.8 Å². The predicted octanol–water partition coefficient (Wildman–Crippen LogP) is 3.97. The summed E-state index contributed by atoms with van der Waals surface area (Å²) in [6.45, 7) is 8.52. The number of methoxy groups -OCH3 is 2. The SMILES string of the molecule is COc1ccc(CN2CCN[C@H](c3ccccc3C(C)C)C2)cc1OC. The molecule has 0 spiro atoms. The molecule has 0 aromatic heterocycles. The molecule has 1 fully saturated rings. The van der Waals surface area contributed by atoms with E-state index in [1.54, 1.807) is 14.2 Å². The number of rotatable bonds is 6. The van der Waals surface area contributed by atoms with E-state index in [1.807, 2.05) is 6.07 Å². The van der Waals surface area contributed by atoms with Crippen molar-refractivity contribution >= 4 is 0 Å². The van der Waals surface area contributed by atoms with Crippen LogP contribution in [0.5, 0.6) is 11.5 Å². The summed E-state index contributed by atoms with van der Waals surface area (Å²) in [6, 6.07) is 15.4. The largest absolute Gasteiger partial charge is 0.493 e. The van der Waals surface area contributed by atoms with E-state index in [4.69, 9.17) is 9.47 Å². The second-order valence-electron chi connectivity index (χ2n) is 7.21. The molecule has 0 radical (unpaired) electrons. The van der Waals surface area contributed by atoms with E-state index >= 15 is 0 Å². The first-order chi connectivity index (χ1) is 12.6. The highest BCUT2D eigenvalue weighted by atomic mass is 16.5. The second kappa shape index (κ2) is 8.56. The van der Waals surface area contributed by atoms with Crippen molar-refractivity contribution in [3.8, 4) is 11.5 Å². The van der Waals surface area contributed by atoms with Crippen molar-refractivity contribution in [2.24, 2.45) is 0 Å². The maximum Gasteiger partial charge on any atom is 0.161 e. The molecular formula is C22H30N2O2. The summed E-state index contributed by atoms with van der Waals surface area (Å²) in [5, 5.41) is 3.70. The van der Waals surface area contributed by atoms with Gasteiger partial charge in [-0.05, 0) is 34.7 Å². The summed E-state index contributed by atoms with van der Waals surface area (Å²) in [5.74, 6) is 2.11. The van der Waals surface area contributed by atoms with E-state index in [1.165, 1.54) is 16.7 Å². The van der Waals surface area contributed by atoms with Gasteiger partial charge in [0.25, 0.3) is 0 Å². The van der Waals surface area contributed by atoms with Gasteiger partial charge in [0.05, 0.1) is 14.2 Å². The van der Waals surface area contributed by atoms with Crippen molar-refractivity contribution in [2.75, 3.05) is 33.9 Å².